The van der Waals surface area contributed by atoms with Crippen molar-refractivity contribution in [3.05, 3.63) is 34.8 Å². The Balaban J connectivity index is 2.12. The number of anilines is 2. The Kier molecular flexibility index (Phi) is 4.39. The summed E-state index contributed by atoms with van der Waals surface area (Å²) in [4.78, 5) is 27.0. The van der Waals surface area contributed by atoms with E-state index in [9.17, 15) is 9.59 Å². The summed E-state index contributed by atoms with van der Waals surface area (Å²) >= 11 is 0.983. The van der Waals surface area contributed by atoms with Gasteiger partial charge in [0.1, 0.15) is 10.6 Å². The van der Waals surface area contributed by atoms with Crippen LogP contribution >= 0.6 is 11.3 Å². The lowest BCUT2D eigenvalue weighted by Crippen LogP contribution is -2.11. The molecule has 2 rings (SSSR count). The van der Waals surface area contributed by atoms with Crippen LogP contribution in [0.5, 0.6) is 5.75 Å². The third-order valence-corrected chi connectivity index (χ3v) is 3.64. The maximum atomic E-state index is 12.1. The monoisotopic (exact) mass is 307 g/mol. The summed E-state index contributed by atoms with van der Waals surface area (Å²) in [7, 11) is 1.56. The quantitative estimate of drug-likeness (QED) is 0.806. The average molecular weight is 307 g/mol. The van der Waals surface area contributed by atoms with E-state index >= 15 is 0 Å². The maximum absolute atomic E-state index is 12.1. The first-order valence-electron chi connectivity index (χ1n) is 5.92. The number of nitrogens with zero attached hydrogens (tertiary/aromatic N) is 1. The number of carboxylic acid groups (broad SMARTS) is 1. The molecule has 0 aliphatic heterocycles. The number of thiazole rings is 1. The van der Waals surface area contributed by atoms with Crippen LogP contribution in [0.3, 0.4) is 0 Å². The Labute approximate surface area is 124 Å². The van der Waals surface area contributed by atoms with E-state index in [1.807, 2.05) is 0 Å². The van der Waals surface area contributed by atoms with Crippen molar-refractivity contribution in [1.82, 2.24) is 4.98 Å². The first-order chi connectivity index (χ1) is 9.99. The number of aromatic nitrogens is 1. The van der Waals surface area contributed by atoms with Crippen LogP contribution < -0.4 is 15.4 Å². The molecule has 1 heterocycles. The number of hydrogen-bond donors (Lipinski definition) is 3. The van der Waals surface area contributed by atoms with Crippen molar-refractivity contribution in [2.24, 2.45) is 0 Å². The highest BCUT2D eigenvalue weighted by atomic mass is 32.1. The van der Waals surface area contributed by atoms with Crippen LogP contribution in [0.2, 0.25) is 0 Å². The molecular formula is C13H13N3O4S. The molecule has 0 saturated carbocycles. The van der Waals surface area contributed by atoms with Crippen LogP contribution in [0.4, 0.5) is 15.6 Å². The minimum Gasteiger partial charge on any atom is -0.497 e. The Morgan fingerprint density at radius 2 is 1.90 bits per heavy atom. The summed E-state index contributed by atoms with van der Waals surface area (Å²) < 4.78 is 5.03. The fraction of sp³-hybridized carbons (Fsp3) is 0.154. The van der Waals surface area contributed by atoms with Gasteiger partial charge in [-0.2, -0.15) is 0 Å². The van der Waals surface area contributed by atoms with Gasteiger partial charge in [-0.3, -0.25) is 10.1 Å². The van der Waals surface area contributed by atoms with Crippen LogP contribution in [-0.4, -0.2) is 29.2 Å². The number of aryl methyl sites for hydroxylation is 1. The van der Waals surface area contributed by atoms with E-state index in [1.54, 1.807) is 38.3 Å². The minimum absolute atomic E-state index is 0.167. The van der Waals surface area contributed by atoms with Crippen molar-refractivity contribution in [2.45, 2.75) is 6.92 Å². The van der Waals surface area contributed by atoms with E-state index in [2.05, 4.69) is 15.6 Å². The van der Waals surface area contributed by atoms with Gasteiger partial charge in [0, 0.05) is 5.69 Å². The summed E-state index contributed by atoms with van der Waals surface area (Å²) in [5.74, 6) is 0.350. The predicted molar refractivity (Wildman–Crippen MR) is 79.4 cm³/mol. The lowest BCUT2D eigenvalue weighted by molar-refractivity contribution is 0.102. The van der Waals surface area contributed by atoms with Crippen LogP contribution in [0.15, 0.2) is 24.3 Å². The molecule has 3 N–H and O–H groups in total. The number of rotatable bonds is 4. The first kappa shape index (κ1) is 14.8. The molecule has 0 unspecified atom stereocenters. The summed E-state index contributed by atoms with van der Waals surface area (Å²) in [5.41, 5.74) is 1.08. The molecule has 8 heteroatoms. The molecule has 0 fully saturated rings. The van der Waals surface area contributed by atoms with Gasteiger partial charge < -0.3 is 15.2 Å². The van der Waals surface area contributed by atoms with Gasteiger partial charge in [-0.15, -0.1) is 0 Å². The third kappa shape index (κ3) is 3.69. The van der Waals surface area contributed by atoms with Crippen LogP contribution in [0, 0.1) is 6.92 Å². The van der Waals surface area contributed by atoms with Gasteiger partial charge in [0.05, 0.1) is 12.8 Å². The molecule has 7 nitrogen and oxygen atoms in total. The summed E-state index contributed by atoms with van der Waals surface area (Å²) in [6.45, 7) is 1.65. The minimum atomic E-state index is -1.22. The molecule has 0 saturated heterocycles. The van der Waals surface area contributed by atoms with E-state index < -0.39 is 6.09 Å². The third-order valence-electron chi connectivity index (χ3n) is 2.56. The number of nitrogens with one attached hydrogen (secondary N) is 2. The molecule has 21 heavy (non-hydrogen) atoms. The molecule has 1 aromatic heterocycles. The van der Waals surface area contributed by atoms with Crippen LogP contribution in [-0.2, 0) is 0 Å². The number of benzene rings is 1. The molecule has 2 aromatic rings. The van der Waals surface area contributed by atoms with Gasteiger partial charge in [0.15, 0.2) is 5.13 Å². The zero-order valence-electron chi connectivity index (χ0n) is 11.3. The van der Waals surface area contributed by atoms with Crippen molar-refractivity contribution in [3.63, 3.8) is 0 Å². The van der Waals surface area contributed by atoms with Crippen molar-refractivity contribution < 1.29 is 19.4 Å². The molecule has 1 aromatic carbocycles. The smallest absolute Gasteiger partial charge is 0.410 e. The number of ether oxygens (including phenoxy) is 1. The number of amides is 2. The van der Waals surface area contributed by atoms with Gasteiger partial charge in [-0.05, 0) is 31.2 Å². The van der Waals surface area contributed by atoms with Crippen LogP contribution in [0.1, 0.15) is 15.4 Å². The van der Waals surface area contributed by atoms with Crippen LogP contribution in [0.25, 0.3) is 0 Å². The maximum Gasteiger partial charge on any atom is 0.410 e. The topological polar surface area (TPSA) is 101 Å². The Bertz CT molecular complexity index is 667. The fourth-order valence-corrected chi connectivity index (χ4v) is 2.47. The number of hydrogen-bond acceptors (Lipinski definition) is 5. The van der Waals surface area contributed by atoms with E-state index in [-0.39, 0.29) is 11.0 Å². The van der Waals surface area contributed by atoms with Gasteiger partial charge in [0.2, 0.25) is 0 Å². The second-order valence-electron chi connectivity index (χ2n) is 4.05. The molecule has 0 atom stereocenters. The molecule has 110 valence electrons. The molecule has 0 aliphatic carbocycles. The Morgan fingerprint density at radius 3 is 2.48 bits per heavy atom. The van der Waals surface area contributed by atoms with Crippen molar-refractivity contribution >= 4 is 34.2 Å². The lowest BCUT2D eigenvalue weighted by Gasteiger charge is -2.05. The van der Waals surface area contributed by atoms with Gasteiger partial charge in [-0.1, -0.05) is 11.3 Å². The second-order valence-corrected chi connectivity index (χ2v) is 5.05. The highest BCUT2D eigenvalue weighted by Crippen LogP contribution is 2.24. The van der Waals surface area contributed by atoms with Crippen molar-refractivity contribution in [3.8, 4) is 5.75 Å². The molecule has 0 spiro atoms. The Hall–Kier alpha value is -2.61. The molecule has 0 aliphatic rings. The first-order valence-corrected chi connectivity index (χ1v) is 6.74. The van der Waals surface area contributed by atoms with Crippen molar-refractivity contribution in [1.29, 1.82) is 0 Å². The van der Waals surface area contributed by atoms with Gasteiger partial charge in [0.25, 0.3) is 5.91 Å². The highest BCUT2D eigenvalue weighted by Gasteiger charge is 2.16. The zero-order valence-corrected chi connectivity index (χ0v) is 12.2. The normalized spacial score (nSPS) is 10.0. The summed E-state index contributed by atoms with van der Waals surface area (Å²) in [6, 6.07) is 6.88. The van der Waals surface area contributed by atoms with E-state index in [0.717, 1.165) is 11.3 Å². The molecule has 0 bridgehead atoms. The molecular weight excluding hydrogens is 294 g/mol. The Morgan fingerprint density at radius 1 is 1.24 bits per heavy atom. The largest absolute Gasteiger partial charge is 0.497 e. The van der Waals surface area contributed by atoms with Gasteiger partial charge in [-0.25, -0.2) is 9.78 Å². The highest BCUT2D eigenvalue weighted by molar-refractivity contribution is 7.17. The number of carbonyl (C=O) groups is 2. The second kappa shape index (κ2) is 6.23. The zero-order chi connectivity index (χ0) is 15.4. The number of methoxy groups -OCH3 is 1. The van der Waals surface area contributed by atoms with Crippen molar-refractivity contribution in [2.75, 3.05) is 17.7 Å². The average Bonchev–Trinajstić information content (AvgIpc) is 2.79. The van der Waals surface area contributed by atoms with E-state index in [0.29, 0.717) is 22.0 Å². The molecule has 2 amide bonds. The summed E-state index contributed by atoms with van der Waals surface area (Å²) in [5, 5.41) is 13.6. The predicted octanol–water partition coefficient (Wildman–Crippen LogP) is 2.80. The standard InChI is InChI=1S/C13H13N3O4S/c1-7-10(21-12(14-7)16-13(18)19)11(17)15-8-3-5-9(20-2)6-4-8/h3-6H,1-2H3,(H,14,16)(H,15,17)(H,18,19). The van der Waals surface area contributed by atoms with Gasteiger partial charge >= 0.3 is 6.09 Å². The fourth-order valence-electron chi connectivity index (χ4n) is 1.61. The van der Waals surface area contributed by atoms with E-state index in [1.165, 1.54) is 0 Å². The lowest BCUT2D eigenvalue weighted by atomic mass is 10.3. The van der Waals surface area contributed by atoms with E-state index in [4.69, 9.17) is 9.84 Å². The number of carbonyl (C=O) groups excluding carboxylic acids is 1. The summed E-state index contributed by atoms with van der Waals surface area (Å²) in [6.07, 6.45) is -1.22. The molecule has 0 radical (unpaired) electrons. The SMILES string of the molecule is COc1ccc(NC(=O)c2sc(NC(=O)O)nc2C)cc1.